The van der Waals surface area contributed by atoms with Crippen LogP contribution in [-0.2, 0) is 18.9 Å². The second kappa shape index (κ2) is 19.0. The van der Waals surface area contributed by atoms with Gasteiger partial charge in [0.15, 0.2) is 34.9 Å². The van der Waals surface area contributed by atoms with Crippen LogP contribution >= 0.6 is 0 Å². The molecule has 318 valence electrons. The maximum Gasteiger partial charge on any atom is 0.339 e. The summed E-state index contributed by atoms with van der Waals surface area (Å²) in [6.45, 7) is 5.98. The highest BCUT2D eigenvalue weighted by Gasteiger charge is 2.29. The molecule has 0 heterocycles. The van der Waals surface area contributed by atoms with Crippen molar-refractivity contribution in [3.05, 3.63) is 154 Å². The van der Waals surface area contributed by atoms with Crippen LogP contribution in [0.1, 0.15) is 69.1 Å². The van der Waals surface area contributed by atoms with Gasteiger partial charge in [0.05, 0.1) is 48.7 Å². The largest absolute Gasteiger partial charge is 0.462 e. The Bertz CT molecular complexity index is 2480. The first kappa shape index (κ1) is 44.3. The van der Waals surface area contributed by atoms with Crippen molar-refractivity contribution < 1.29 is 64.5 Å². The highest BCUT2D eigenvalue weighted by molar-refractivity contribution is 6.10. The van der Waals surface area contributed by atoms with Crippen LogP contribution in [0.15, 0.2) is 97.1 Å². The summed E-state index contributed by atoms with van der Waals surface area (Å²) in [6.07, 6.45) is 0. The molecule has 6 aromatic rings. The summed E-state index contributed by atoms with van der Waals surface area (Å²) in [5.41, 5.74) is 1.35. The first-order valence-corrected chi connectivity index (χ1v) is 19.3. The zero-order valence-electron chi connectivity index (χ0n) is 33.6. The van der Waals surface area contributed by atoms with Crippen LogP contribution in [0.3, 0.4) is 0 Å². The molecular formula is C48H36F6O8. The van der Waals surface area contributed by atoms with E-state index in [1.54, 1.807) is 52.0 Å². The summed E-state index contributed by atoms with van der Waals surface area (Å²) >= 11 is 0. The number of rotatable bonds is 13. The number of esters is 4. The summed E-state index contributed by atoms with van der Waals surface area (Å²) in [5, 5.41) is 0. The topological polar surface area (TPSA) is 105 Å². The highest BCUT2D eigenvalue weighted by Crippen LogP contribution is 2.43. The minimum absolute atomic E-state index is 0.0172. The van der Waals surface area contributed by atoms with E-state index < -0.39 is 58.8 Å². The Labute approximate surface area is 351 Å². The molecule has 0 saturated heterocycles. The minimum Gasteiger partial charge on any atom is -0.462 e. The molecule has 0 radical (unpaired) electrons. The predicted molar refractivity (Wildman–Crippen MR) is 217 cm³/mol. The van der Waals surface area contributed by atoms with Crippen molar-refractivity contribution in [3.8, 4) is 55.6 Å². The molecule has 14 heteroatoms. The van der Waals surface area contributed by atoms with Crippen molar-refractivity contribution in [3.63, 3.8) is 0 Å². The third-order valence-corrected chi connectivity index (χ3v) is 9.61. The molecule has 62 heavy (non-hydrogen) atoms. The van der Waals surface area contributed by atoms with Crippen molar-refractivity contribution in [1.29, 1.82) is 0 Å². The number of ether oxygens (including phenoxy) is 4. The van der Waals surface area contributed by atoms with Crippen molar-refractivity contribution in [2.75, 3.05) is 26.4 Å². The fourth-order valence-corrected chi connectivity index (χ4v) is 6.76. The smallest absolute Gasteiger partial charge is 0.339 e. The molecule has 0 aromatic heterocycles. The molecule has 6 rings (SSSR count). The Balaban J connectivity index is 1.69. The molecule has 0 amide bonds. The third kappa shape index (κ3) is 9.09. The predicted octanol–water partition coefficient (Wildman–Crippen LogP) is 11.6. The number of carbonyl (C=O) groups excluding carboxylic acids is 4. The lowest BCUT2D eigenvalue weighted by Gasteiger charge is -2.21. The molecular weight excluding hydrogens is 819 g/mol. The minimum atomic E-state index is -1.64. The van der Waals surface area contributed by atoms with Gasteiger partial charge in [0, 0.05) is 0 Å². The zero-order valence-corrected chi connectivity index (χ0v) is 33.6. The lowest BCUT2D eigenvalue weighted by Crippen LogP contribution is -2.16. The van der Waals surface area contributed by atoms with Gasteiger partial charge >= 0.3 is 23.9 Å². The number of halogens is 6. The van der Waals surface area contributed by atoms with Gasteiger partial charge in [0.2, 0.25) is 0 Å². The highest BCUT2D eigenvalue weighted by atomic mass is 19.2. The number of benzene rings is 6. The second-order valence-electron chi connectivity index (χ2n) is 13.4. The van der Waals surface area contributed by atoms with Gasteiger partial charge in [-0.05, 0) is 132 Å². The number of hydrogen-bond donors (Lipinski definition) is 0. The van der Waals surface area contributed by atoms with Gasteiger partial charge < -0.3 is 18.9 Å². The number of carbonyl (C=O) groups is 4. The van der Waals surface area contributed by atoms with Gasteiger partial charge in [-0.2, -0.15) is 0 Å². The van der Waals surface area contributed by atoms with Gasteiger partial charge in [0.1, 0.15) is 0 Å². The van der Waals surface area contributed by atoms with E-state index in [-0.39, 0.29) is 93.2 Å². The Morgan fingerprint density at radius 3 is 0.806 bits per heavy atom. The molecule has 0 N–H and O–H groups in total. The molecule has 6 aromatic carbocycles. The van der Waals surface area contributed by atoms with Crippen molar-refractivity contribution in [2.24, 2.45) is 0 Å². The molecule has 8 nitrogen and oxygen atoms in total. The molecule has 0 saturated carbocycles. The van der Waals surface area contributed by atoms with Gasteiger partial charge in [-0.1, -0.05) is 48.5 Å². The molecule has 0 aliphatic carbocycles. The summed E-state index contributed by atoms with van der Waals surface area (Å²) in [4.78, 5) is 54.3. The van der Waals surface area contributed by atoms with Gasteiger partial charge in [-0.15, -0.1) is 0 Å². The molecule has 0 unspecified atom stereocenters. The van der Waals surface area contributed by atoms with E-state index in [1.807, 2.05) is 0 Å². The average molecular weight is 855 g/mol. The summed E-state index contributed by atoms with van der Waals surface area (Å²) in [5.74, 6) is -12.5. The lowest BCUT2D eigenvalue weighted by atomic mass is 9.84. The molecule has 0 aliphatic rings. The van der Waals surface area contributed by atoms with E-state index in [4.69, 9.17) is 18.9 Å². The van der Waals surface area contributed by atoms with E-state index in [9.17, 15) is 45.5 Å². The Morgan fingerprint density at radius 2 is 0.565 bits per heavy atom. The van der Waals surface area contributed by atoms with Crippen molar-refractivity contribution >= 4 is 23.9 Å². The van der Waals surface area contributed by atoms with E-state index in [0.29, 0.717) is 11.1 Å². The van der Waals surface area contributed by atoms with Gasteiger partial charge in [0.25, 0.3) is 0 Å². The molecule has 0 bridgehead atoms. The Kier molecular flexibility index (Phi) is 13.6. The van der Waals surface area contributed by atoms with Crippen LogP contribution < -0.4 is 0 Å². The maximum atomic E-state index is 14.2. The van der Waals surface area contributed by atoms with Gasteiger partial charge in [-0.3, -0.25) is 0 Å². The monoisotopic (exact) mass is 854 g/mol. The average Bonchev–Trinajstić information content (AvgIpc) is 3.26. The Morgan fingerprint density at radius 1 is 0.339 bits per heavy atom. The van der Waals surface area contributed by atoms with Gasteiger partial charge in [-0.25, -0.2) is 45.5 Å². The third-order valence-electron chi connectivity index (χ3n) is 9.61. The SMILES string of the molecule is CCOC(=O)c1cc(-c2ccc(-c3cc(F)c(F)c(F)c3)cc2)c(-c2cc(C(=O)OCC)c(C(=O)OCC)cc2-c2ccc(-c3cc(F)c(F)c(F)c3)cc2)cc1C(=O)OCC. The van der Waals surface area contributed by atoms with E-state index in [0.717, 1.165) is 24.3 Å². The van der Waals surface area contributed by atoms with Crippen molar-refractivity contribution in [1.82, 2.24) is 0 Å². The van der Waals surface area contributed by atoms with Crippen LogP contribution in [-0.4, -0.2) is 50.3 Å². The van der Waals surface area contributed by atoms with Crippen LogP contribution in [0.2, 0.25) is 0 Å². The summed E-state index contributed by atoms with van der Waals surface area (Å²) in [7, 11) is 0. The molecule has 0 aliphatic heterocycles. The first-order chi connectivity index (χ1) is 29.7. The normalized spacial score (nSPS) is 10.9. The van der Waals surface area contributed by atoms with Crippen molar-refractivity contribution in [2.45, 2.75) is 27.7 Å². The second-order valence-corrected chi connectivity index (χ2v) is 13.4. The van der Waals surface area contributed by atoms with Crippen LogP contribution in [0.5, 0.6) is 0 Å². The van der Waals surface area contributed by atoms with E-state index >= 15 is 0 Å². The van der Waals surface area contributed by atoms with Crippen LogP contribution in [0.25, 0.3) is 55.6 Å². The molecule has 0 fully saturated rings. The number of hydrogen-bond acceptors (Lipinski definition) is 8. The molecule has 0 atom stereocenters. The zero-order chi connectivity index (χ0) is 44.8. The summed E-state index contributed by atoms with van der Waals surface area (Å²) < 4.78 is 106. The Hall–Kier alpha value is -7.22. The lowest BCUT2D eigenvalue weighted by molar-refractivity contribution is 0.0479. The standard InChI is InChI=1S/C48H36F6O8/c1-5-59-45(55)35-21-31(27-13-9-25(10-14-27)29-17-39(49)43(53)40(50)18-29)33(23-37(35)47(57)61-7-3)34-24-38(48(58)62-8-4)36(46(56)60-6-2)22-32(34)28-15-11-26(12-16-28)30-19-41(51)44(54)42(52)20-30/h9-24H,5-8H2,1-4H3. The van der Waals surface area contributed by atoms with Crippen LogP contribution in [0.4, 0.5) is 26.3 Å². The fourth-order valence-electron chi connectivity index (χ4n) is 6.76. The summed E-state index contributed by atoms with van der Waals surface area (Å²) in [6, 6.07) is 20.9. The maximum absolute atomic E-state index is 14.2. The fraction of sp³-hybridized carbons (Fsp3) is 0.167. The molecule has 0 spiro atoms. The quantitative estimate of drug-likeness (QED) is 0.0489. The van der Waals surface area contributed by atoms with E-state index in [2.05, 4.69) is 0 Å². The first-order valence-electron chi connectivity index (χ1n) is 19.3. The van der Waals surface area contributed by atoms with Crippen LogP contribution in [0, 0.1) is 34.9 Å². The van der Waals surface area contributed by atoms with E-state index in [1.165, 1.54) is 48.5 Å².